The predicted molar refractivity (Wildman–Crippen MR) is 111 cm³/mol. The molecule has 1 fully saturated rings. The summed E-state index contributed by atoms with van der Waals surface area (Å²) in [7, 11) is 0. The summed E-state index contributed by atoms with van der Waals surface area (Å²) >= 11 is 6.13. The third-order valence-electron chi connectivity index (χ3n) is 4.65. The number of halogens is 1. The first kappa shape index (κ1) is 19.4. The third-order valence-corrected chi connectivity index (χ3v) is 5.06. The van der Waals surface area contributed by atoms with Crippen molar-refractivity contribution in [1.82, 2.24) is 4.90 Å². The molecular weight excluding hydrogens is 362 g/mol. The van der Waals surface area contributed by atoms with E-state index in [1.165, 1.54) is 0 Å². The average Bonchev–Trinajstić information content (AvgIpc) is 2.66. The van der Waals surface area contributed by atoms with Gasteiger partial charge in [0.05, 0.1) is 6.10 Å². The van der Waals surface area contributed by atoms with Crippen LogP contribution in [0.15, 0.2) is 42.5 Å². The fraction of sp³-hybridized carbons (Fsp3) is 0.381. The minimum absolute atomic E-state index is 0.0827. The van der Waals surface area contributed by atoms with Crippen LogP contribution in [0.2, 0.25) is 5.02 Å². The second-order valence-corrected chi connectivity index (χ2v) is 7.38. The highest BCUT2D eigenvalue weighted by atomic mass is 35.5. The van der Waals surface area contributed by atoms with Crippen LogP contribution < -0.4 is 15.0 Å². The normalized spacial score (nSPS) is 14.4. The van der Waals surface area contributed by atoms with Crippen LogP contribution in [-0.2, 0) is 0 Å². The van der Waals surface area contributed by atoms with E-state index in [-0.39, 0.29) is 12.1 Å². The van der Waals surface area contributed by atoms with Crippen molar-refractivity contribution in [2.45, 2.75) is 26.9 Å². The number of ether oxygens (including phenoxy) is 1. The topological polar surface area (TPSA) is 44.8 Å². The van der Waals surface area contributed by atoms with Crippen molar-refractivity contribution in [1.29, 1.82) is 0 Å². The monoisotopic (exact) mass is 387 g/mol. The van der Waals surface area contributed by atoms with E-state index in [0.717, 1.165) is 35.8 Å². The molecule has 144 valence electrons. The Morgan fingerprint density at radius 2 is 1.74 bits per heavy atom. The number of amides is 2. The highest BCUT2D eigenvalue weighted by molar-refractivity contribution is 6.31. The molecule has 1 aliphatic rings. The molecule has 2 amide bonds. The minimum Gasteiger partial charge on any atom is -0.491 e. The van der Waals surface area contributed by atoms with E-state index in [2.05, 4.69) is 22.3 Å². The van der Waals surface area contributed by atoms with Crippen LogP contribution in [0.1, 0.15) is 19.4 Å². The average molecular weight is 388 g/mol. The Balaban J connectivity index is 1.55. The van der Waals surface area contributed by atoms with E-state index in [1.54, 1.807) is 0 Å². The third kappa shape index (κ3) is 4.86. The molecule has 1 aliphatic heterocycles. The van der Waals surface area contributed by atoms with E-state index in [0.29, 0.717) is 18.1 Å². The number of benzene rings is 2. The van der Waals surface area contributed by atoms with Crippen LogP contribution in [0.3, 0.4) is 0 Å². The van der Waals surface area contributed by atoms with Gasteiger partial charge in [0.2, 0.25) is 0 Å². The van der Waals surface area contributed by atoms with Crippen LogP contribution in [0.4, 0.5) is 16.2 Å². The number of carbonyl (C=O) groups is 1. The first-order valence-electron chi connectivity index (χ1n) is 9.27. The molecule has 27 heavy (non-hydrogen) atoms. The summed E-state index contributed by atoms with van der Waals surface area (Å²) in [5.41, 5.74) is 2.79. The van der Waals surface area contributed by atoms with Crippen molar-refractivity contribution >= 4 is 29.0 Å². The number of rotatable bonds is 4. The van der Waals surface area contributed by atoms with Gasteiger partial charge in [-0.3, -0.25) is 0 Å². The molecule has 0 aromatic heterocycles. The maximum Gasteiger partial charge on any atom is 0.321 e. The lowest BCUT2D eigenvalue weighted by molar-refractivity contribution is 0.208. The van der Waals surface area contributed by atoms with Gasteiger partial charge in [-0.25, -0.2) is 4.79 Å². The SMILES string of the molecule is Cc1c(Cl)cccc1NC(=O)N1CCN(c2ccc(OC(C)C)cc2)CC1. The Morgan fingerprint density at radius 3 is 2.37 bits per heavy atom. The summed E-state index contributed by atoms with van der Waals surface area (Å²) in [4.78, 5) is 16.7. The molecule has 0 unspecified atom stereocenters. The Kier molecular flexibility index (Phi) is 6.11. The van der Waals surface area contributed by atoms with Gasteiger partial charge >= 0.3 is 6.03 Å². The molecule has 0 saturated carbocycles. The first-order chi connectivity index (χ1) is 12.9. The van der Waals surface area contributed by atoms with Gasteiger partial charge in [-0.05, 0) is 62.7 Å². The van der Waals surface area contributed by atoms with E-state index in [9.17, 15) is 4.79 Å². The highest BCUT2D eigenvalue weighted by Crippen LogP contribution is 2.24. The van der Waals surface area contributed by atoms with E-state index < -0.39 is 0 Å². The predicted octanol–water partition coefficient (Wildman–Crippen LogP) is 4.79. The molecule has 0 aliphatic carbocycles. The fourth-order valence-corrected chi connectivity index (χ4v) is 3.29. The van der Waals surface area contributed by atoms with Gasteiger partial charge in [0.15, 0.2) is 0 Å². The molecule has 1 heterocycles. The van der Waals surface area contributed by atoms with Crippen molar-refractivity contribution in [3.05, 3.63) is 53.1 Å². The van der Waals surface area contributed by atoms with Crippen molar-refractivity contribution in [2.24, 2.45) is 0 Å². The largest absolute Gasteiger partial charge is 0.491 e. The standard InChI is InChI=1S/C21H26ClN3O2/c1-15(2)27-18-9-7-17(8-10-18)24-11-13-25(14-12-24)21(26)23-20-6-4-5-19(22)16(20)3/h4-10,15H,11-14H2,1-3H3,(H,23,26). The number of nitrogens with zero attached hydrogens (tertiary/aromatic N) is 2. The van der Waals surface area contributed by atoms with Gasteiger partial charge in [0.1, 0.15) is 5.75 Å². The summed E-state index contributed by atoms with van der Waals surface area (Å²) in [5.74, 6) is 0.878. The number of urea groups is 1. The second kappa shape index (κ2) is 8.53. The summed E-state index contributed by atoms with van der Waals surface area (Å²) in [6.07, 6.45) is 0.168. The number of nitrogens with one attached hydrogen (secondary N) is 1. The molecule has 0 bridgehead atoms. The van der Waals surface area contributed by atoms with Gasteiger partial charge in [0, 0.05) is 42.6 Å². The summed E-state index contributed by atoms with van der Waals surface area (Å²) in [5, 5.41) is 3.62. The molecule has 1 saturated heterocycles. The molecule has 6 heteroatoms. The fourth-order valence-electron chi connectivity index (χ4n) is 3.11. The molecule has 0 radical (unpaired) electrons. The van der Waals surface area contributed by atoms with E-state index >= 15 is 0 Å². The number of hydrogen-bond donors (Lipinski definition) is 1. The van der Waals surface area contributed by atoms with Gasteiger partial charge in [0.25, 0.3) is 0 Å². The molecule has 2 aromatic carbocycles. The molecule has 0 atom stereocenters. The second-order valence-electron chi connectivity index (χ2n) is 6.98. The molecule has 5 nitrogen and oxygen atoms in total. The lowest BCUT2D eigenvalue weighted by Crippen LogP contribution is -2.50. The van der Waals surface area contributed by atoms with Gasteiger partial charge in [-0.1, -0.05) is 17.7 Å². The van der Waals surface area contributed by atoms with Gasteiger partial charge in [-0.15, -0.1) is 0 Å². The molecule has 1 N–H and O–H groups in total. The minimum atomic E-state index is -0.0827. The van der Waals surface area contributed by atoms with Crippen LogP contribution >= 0.6 is 11.6 Å². The van der Waals surface area contributed by atoms with Crippen molar-refractivity contribution < 1.29 is 9.53 Å². The van der Waals surface area contributed by atoms with Crippen LogP contribution in [0.25, 0.3) is 0 Å². The molecular formula is C21H26ClN3O2. The van der Waals surface area contributed by atoms with Crippen LogP contribution in [0, 0.1) is 6.92 Å². The number of carbonyl (C=O) groups excluding carboxylic acids is 1. The first-order valence-corrected chi connectivity index (χ1v) is 9.64. The van der Waals surface area contributed by atoms with Crippen molar-refractivity contribution in [3.8, 4) is 5.75 Å². The Morgan fingerprint density at radius 1 is 1.07 bits per heavy atom. The number of anilines is 2. The maximum absolute atomic E-state index is 12.6. The van der Waals surface area contributed by atoms with Crippen molar-refractivity contribution in [3.63, 3.8) is 0 Å². The number of piperazine rings is 1. The Hall–Kier alpha value is -2.40. The summed E-state index contributed by atoms with van der Waals surface area (Å²) < 4.78 is 5.69. The lowest BCUT2D eigenvalue weighted by atomic mass is 10.2. The smallest absolute Gasteiger partial charge is 0.321 e. The maximum atomic E-state index is 12.6. The van der Waals surface area contributed by atoms with Gasteiger partial charge < -0.3 is 19.9 Å². The quantitative estimate of drug-likeness (QED) is 0.820. The van der Waals surface area contributed by atoms with Crippen LogP contribution in [-0.4, -0.2) is 43.2 Å². The van der Waals surface area contributed by atoms with Crippen LogP contribution in [0.5, 0.6) is 5.75 Å². The summed E-state index contributed by atoms with van der Waals surface area (Å²) in [6.45, 7) is 8.89. The molecule has 0 spiro atoms. The molecule has 2 aromatic rings. The van der Waals surface area contributed by atoms with Gasteiger partial charge in [-0.2, -0.15) is 0 Å². The van der Waals surface area contributed by atoms with Crippen molar-refractivity contribution in [2.75, 3.05) is 36.4 Å². The number of hydrogen-bond acceptors (Lipinski definition) is 3. The highest BCUT2D eigenvalue weighted by Gasteiger charge is 2.22. The summed E-state index contributed by atoms with van der Waals surface area (Å²) in [6, 6.07) is 13.6. The Labute approximate surface area is 165 Å². The zero-order valence-electron chi connectivity index (χ0n) is 16.0. The Bertz CT molecular complexity index is 785. The zero-order valence-corrected chi connectivity index (χ0v) is 16.8. The zero-order chi connectivity index (χ0) is 19.4. The molecule has 3 rings (SSSR count). The van der Waals surface area contributed by atoms with E-state index in [1.807, 2.05) is 56.0 Å². The lowest BCUT2D eigenvalue weighted by Gasteiger charge is -2.36. The van der Waals surface area contributed by atoms with E-state index in [4.69, 9.17) is 16.3 Å².